The van der Waals surface area contributed by atoms with E-state index in [1.165, 1.54) is 156 Å². The van der Waals surface area contributed by atoms with E-state index in [-0.39, 0.29) is 29.7 Å². The van der Waals surface area contributed by atoms with E-state index in [1.807, 2.05) is 166 Å². The number of nitrogens with zero attached hydrogens (tertiary/aromatic N) is 4. The Morgan fingerprint density at radius 3 is 0.884 bits per heavy atom. The topological polar surface area (TPSA) is 15.5 Å². The Balaban J connectivity index is -0.000000629. The van der Waals surface area contributed by atoms with Crippen molar-refractivity contribution in [3.05, 3.63) is 310 Å². The van der Waals surface area contributed by atoms with Crippen LogP contribution < -0.4 is 18.3 Å². The van der Waals surface area contributed by atoms with Crippen LogP contribution in [0.1, 0.15) is 263 Å². The average molecular weight is 1510 g/mol. The van der Waals surface area contributed by atoms with Gasteiger partial charge in [-0.15, -0.1) is 0 Å². The molecule has 0 aliphatic heterocycles. The Kier molecular flexibility index (Phi) is 58.3. The van der Waals surface area contributed by atoms with Crippen molar-refractivity contribution in [2.24, 2.45) is 28.2 Å². The molecule has 0 amide bonds. The fraction of sp³-hybridized carbons (Fsp3) is 0.370. The molecule has 0 fully saturated rings. The molecule has 12 aromatic rings. The summed E-state index contributed by atoms with van der Waals surface area (Å²) in [6.07, 6.45) is 12.7. The highest BCUT2D eigenvalue weighted by atomic mass is 14.9. The second-order valence-electron chi connectivity index (χ2n) is 23.3. The molecule has 0 bridgehead atoms. The van der Waals surface area contributed by atoms with E-state index < -0.39 is 0 Å². The highest BCUT2D eigenvalue weighted by Crippen LogP contribution is 2.46. The number of benzene rings is 8. The van der Waals surface area contributed by atoms with Crippen molar-refractivity contribution < 1.29 is 18.3 Å². The van der Waals surface area contributed by atoms with Crippen LogP contribution in [0.2, 0.25) is 0 Å². The van der Waals surface area contributed by atoms with E-state index in [0.717, 1.165) is 25.7 Å². The SMILES string of the molecule is C.C.C.C.CC.CC.CC.CC.CC.CC.CC.CC.CC.CC.CC.CC.Cc1cc2c(cc1-c1cccc[n+]1C)-c1ccccc1C2.Cc1cc2c(cc1-c1cccc[n+]1C)Cc1ccccc1-2.Cc1ccc2c(c1-c1cccc[n+]1C)-c1ccccc1C2.Cc1ccc2c(c1-c1cccc[n+]1C)Cc1ccccc1-2. The number of pyridine rings is 4. The van der Waals surface area contributed by atoms with E-state index in [2.05, 4.69) is 317 Å². The summed E-state index contributed by atoms with van der Waals surface area (Å²) in [5, 5.41) is 0. The van der Waals surface area contributed by atoms with E-state index in [9.17, 15) is 0 Å². The standard InChI is InChI=1S/4C20H18N.12C2H6.4CH4/c1-14-10-11-16-13-15-7-3-4-8-17(15)20(16)19(14)18-9-5-6-12-21(18)2;1-14-10-11-17-16-8-4-3-7-15(16)13-18(17)20(14)19-9-5-6-12-21(19)2;1-14-11-19-16(12-15-7-3-4-8-17(15)19)13-18(14)20-9-5-6-10-21(20)2;1-14-11-16-12-15-7-3-4-8-17(15)19(16)13-18(14)20-9-5-6-10-21(20)2;12*1-2;;;;/h2*3-12H,13H2,1-2H3;2*3-11,13H,12H2,1-2H3;12*1-2H3;4*1H4/q4*+1;;;;;;;;;;;;;;;;. The Hall–Kier alpha value is -9.64. The largest absolute Gasteiger partial charge is 0.213 e. The van der Waals surface area contributed by atoms with Crippen LogP contribution in [-0.4, -0.2) is 0 Å². The summed E-state index contributed by atoms with van der Waals surface area (Å²) in [6.45, 7) is 56.9. The van der Waals surface area contributed by atoms with Gasteiger partial charge >= 0.3 is 0 Å². The quantitative estimate of drug-likeness (QED) is 0.156. The molecule has 0 saturated heterocycles. The lowest BCUT2D eigenvalue weighted by atomic mass is 9.93. The third-order valence-electron chi connectivity index (χ3n) is 17.9. The number of fused-ring (bicyclic) bond motifs is 12. The van der Waals surface area contributed by atoms with E-state index in [0.29, 0.717) is 0 Å². The molecule has 608 valence electrons. The van der Waals surface area contributed by atoms with Crippen LogP contribution in [0.3, 0.4) is 0 Å². The van der Waals surface area contributed by atoms with E-state index >= 15 is 0 Å². The third kappa shape index (κ3) is 26.8. The van der Waals surface area contributed by atoms with Gasteiger partial charge in [0.05, 0.1) is 11.1 Å². The van der Waals surface area contributed by atoms with Crippen LogP contribution in [-0.2, 0) is 53.9 Å². The van der Waals surface area contributed by atoms with Crippen LogP contribution in [0.5, 0.6) is 0 Å². The van der Waals surface area contributed by atoms with Crippen LogP contribution in [0, 0.1) is 27.7 Å². The molecule has 4 heterocycles. The van der Waals surface area contributed by atoms with Crippen LogP contribution in [0.25, 0.3) is 89.5 Å². The second kappa shape index (κ2) is 60.1. The molecule has 0 atom stereocenters. The van der Waals surface area contributed by atoms with Gasteiger partial charge in [-0.3, -0.25) is 0 Å². The zero-order valence-electron chi connectivity index (χ0n) is 73.7. The van der Waals surface area contributed by atoms with Gasteiger partial charge in [0.15, 0.2) is 24.8 Å². The molecular formula is C108H160N4+4. The molecule has 16 rings (SSSR count). The van der Waals surface area contributed by atoms with Gasteiger partial charge in [-0.2, -0.15) is 0 Å². The van der Waals surface area contributed by atoms with E-state index in [1.54, 1.807) is 0 Å². The number of aromatic nitrogens is 4. The normalized spacial score (nSPS) is 9.71. The fourth-order valence-corrected chi connectivity index (χ4v) is 13.7. The van der Waals surface area contributed by atoms with Gasteiger partial charge in [0.25, 0.3) is 0 Å². The predicted molar refractivity (Wildman–Crippen MR) is 507 cm³/mol. The first-order chi connectivity index (χ1) is 53.0. The monoisotopic (exact) mass is 1510 g/mol. The third-order valence-corrected chi connectivity index (χ3v) is 17.9. The highest BCUT2D eigenvalue weighted by Gasteiger charge is 2.29. The zero-order valence-corrected chi connectivity index (χ0v) is 73.7. The summed E-state index contributed by atoms with van der Waals surface area (Å²) >= 11 is 0. The lowest BCUT2D eigenvalue weighted by Crippen LogP contribution is -2.30. The average Bonchev–Trinajstić information content (AvgIpc) is 1.59. The van der Waals surface area contributed by atoms with Crippen molar-refractivity contribution in [2.75, 3.05) is 0 Å². The number of hydrogen-bond donors (Lipinski definition) is 0. The molecule has 112 heavy (non-hydrogen) atoms. The molecule has 8 aromatic carbocycles. The Morgan fingerprint density at radius 1 is 0.188 bits per heavy atom. The van der Waals surface area contributed by atoms with Crippen molar-refractivity contribution >= 4 is 0 Å². The first-order valence-corrected chi connectivity index (χ1v) is 41.6. The van der Waals surface area contributed by atoms with Crippen molar-refractivity contribution in [3.63, 3.8) is 0 Å². The summed E-state index contributed by atoms with van der Waals surface area (Å²) in [4.78, 5) is 0. The molecule has 0 saturated carbocycles. The van der Waals surface area contributed by atoms with Crippen LogP contribution in [0.15, 0.2) is 243 Å². The molecule has 4 aliphatic rings. The maximum absolute atomic E-state index is 2.38. The molecule has 0 N–H and O–H groups in total. The Morgan fingerprint density at radius 2 is 0.473 bits per heavy atom. The lowest BCUT2D eigenvalue weighted by molar-refractivity contribution is -0.660. The molecule has 4 nitrogen and oxygen atoms in total. The maximum atomic E-state index is 2.38. The molecule has 4 heteroatoms. The zero-order chi connectivity index (χ0) is 81.6. The van der Waals surface area contributed by atoms with Gasteiger partial charge < -0.3 is 0 Å². The van der Waals surface area contributed by atoms with Gasteiger partial charge in [0.2, 0.25) is 22.8 Å². The number of rotatable bonds is 4. The van der Waals surface area contributed by atoms with Gasteiger partial charge in [-0.25, -0.2) is 18.3 Å². The van der Waals surface area contributed by atoms with Gasteiger partial charge in [0.1, 0.15) is 28.2 Å². The molecule has 4 aromatic heterocycles. The minimum atomic E-state index is 0. The molecule has 0 radical (unpaired) electrons. The van der Waals surface area contributed by atoms with Gasteiger partial charge in [-0.1, -0.05) is 329 Å². The number of hydrogen-bond acceptors (Lipinski definition) is 0. The second-order valence-corrected chi connectivity index (χ2v) is 23.3. The van der Waals surface area contributed by atoms with Crippen molar-refractivity contribution in [3.8, 4) is 89.5 Å². The van der Waals surface area contributed by atoms with Crippen molar-refractivity contribution in [1.82, 2.24) is 0 Å². The Bertz CT molecular complexity index is 4530. The first kappa shape index (κ1) is 109. The fourth-order valence-electron chi connectivity index (χ4n) is 13.7. The van der Waals surface area contributed by atoms with Crippen LogP contribution >= 0.6 is 0 Å². The summed E-state index contributed by atoms with van der Waals surface area (Å²) < 4.78 is 8.81. The lowest BCUT2D eigenvalue weighted by Gasteiger charge is -2.11. The minimum Gasteiger partial charge on any atom is -0.201 e. The van der Waals surface area contributed by atoms with Gasteiger partial charge in [0, 0.05) is 59.7 Å². The minimum absolute atomic E-state index is 0. The Labute approximate surface area is 690 Å². The summed E-state index contributed by atoms with van der Waals surface area (Å²) in [5.74, 6) is 0. The van der Waals surface area contributed by atoms with Crippen molar-refractivity contribution in [1.29, 1.82) is 0 Å². The molecular weight excluding hydrogens is 1350 g/mol. The molecule has 0 spiro atoms. The van der Waals surface area contributed by atoms with Crippen LogP contribution in [0.4, 0.5) is 0 Å². The first-order valence-electron chi connectivity index (χ1n) is 41.6. The molecule has 4 aliphatic carbocycles. The number of aryl methyl sites for hydroxylation is 8. The summed E-state index contributed by atoms with van der Waals surface area (Å²) in [5.41, 5.74) is 38.7. The summed E-state index contributed by atoms with van der Waals surface area (Å²) in [6, 6.07) is 79.2. The highest BCUT2D eigenvalue weighted by molar-refractivity contribution is 5.91. The predicted octanol–water partition coefficient (Wildman–Crippen LogP) is 31.1. The van der Waals surface area contributed by atoms with Gasteiger partial charge in [-0.05, 0) is 201 Å². The maximum Gasteiger partial charge on any atom is 0.213 e. The van der Waals surface area contributed by atoms with Crippen molar-refractivity contribution in [2.45, 2.75) is 249 Å². The summed E-state index contributed by atoms with van der Waals surface area (Å²) in [7, 11) is 8.46. The van der Waals surface area contributed by atoms with E-state index in [4.69, 9.17) is 0 Å². The molecule has 0 unspecified atom stereocenters. The smallest absolute Gasteiger partial charge is 0.201 e.